The first kappa shape index (κ1) is 19.3. The number of hydrogen-bond donors (Lipinski definition) is 0. The van der Waals surface area contributed by atoms with Crippen LogP contribution in [0, 0.1) is 0 Å². The number of unbranched alkanes of at least 4 members (excludes halogenated alkanes) is 6. The van der Waals surface area contributed by atoms with Crippen molar-refractivity contribution >= 4 is 5.97 Å². The molecule has 1 aromatic carbocycles. The maximum absolute atomic E-state index is 12.4. The first-order valence-corrected chi connectivity index (χ1v) is 7.90. The summed E-state index contributed by atoms with van der Waals surface area (Å²) in [4.78, 5) is 11.7. The van der Waals surface area contributed by atoms with Crippen LogP contribution in [0.25, 0.3) is 0 Å². The van der Waals surface area contributed by atoms with E-state index >= 15 is 0 Å². The summed E-state index contributed by atoms with van der Waals surface area (Å²) in [6.45, 7) is 3.97. The van der Waals surface area contributed by atoms with Crippen LogP contribution in [0.2, 0.25) is 0 Å². The van der Waals surface area contributed by atoms with Crippen LogP contribution in [-0.4, -0.2) is 12.6 Å². The highest BCUT2D eigenvalue weighted by atomic mass is 19.4. The molecule has 0 amide bonds. The van der Waals surface area contributed by atoms with Gasteiger partial charge in [-0.25, -0.2) is 4.79 Å². The van der Waals surface area contributed by atoms with E-state index in [1.54, 1.807) is 0 Å². The molecule has 0 bridgehead atoms. The Morgan fingerprint density at radius 2 is 1.57 bits per heavy atom. The number of benzene rings is 1. The zero-order valence-corrected chi connectivity index (χ0v) is 13.2. The minimum absolute atomic E-state index is 0.141. The average molecular weight is 328 g/mol. The number of ether oxygens (including phenoxy) is 1. The largest absolute Gasteiger partial charge is 0.462 e. The lowest BCUT2D eigenvalue weighted by molar-refractivity contribution is -0.137. The summed E-state index contributed by atoms with van der Waals surface area (Å²) in [5, 5.41) is 0. The first-order chi connectivity index (χ1) is 10.9. The molecule has 0 saturated heterocycles. The lowest BCUT2D eigenvalue weighted by Crippen LogP contribution is -2.08. The fraction of sp³-hybridized carbons (Fsp3) is 0.500. The minimum atomic E-state index is -4.39. The predicted molar refractivity (Wildman–Crippen MR) is 84.2 cm³/mol. The average Bonchev–Trinajstić information content (AvgIpc) is 2.52. The molecule has 0 atom stereocenters. The highest BCUT2D eigenvalue weighted by molar-refractivity contribution is 5.89. The molecule has 0 aliphatic heterocycles. The van der Waals surface area contributed by atoms with E-state index in [0.717, 1.165) is 62.8 Å². The number of carbonyl (C=O) groups excluding carboxylic acids is 1. The Bertz CT molecular complexity index is 478. The second-order valence-corrected chi connectivity index (χ2v) is 5.41. The van der Waals surface area contributed by atoms with Gasteiger partial charge in [0.1, 0.15) is 0 Å². The van der Waals surface area contributed by atoms with Crippen LogP contribution in [0.4, 0.5) is 13.2 Å². The van der Waals surface area contributed by atoms with Gasteiger partial charge < -0.3 is 4.74 Å². The molecule has 0 aromatic heterocycles. The lowest BCUT2D eigenvalue weighted by Gasteiger charge is -2.08. The van der Waals surface area contributed by atoms with Crippen molar-refractivity contribution in [3.63, 3.8) is 0 Å². The Labute approximate surface area is 135 Å². The third-order valence-electron chi connectivity index (χ3n) is 3.48. The normalized spacial score (nSPS) is 11.3. The smallest absolute Gasteiger partial charge is 0.416 e. The van der Waals surface area contributed by atoms with Crippen LogP contribution in [0.3, 0.4) is 0 Å². The molecule has 0 N–H and O–H groups in total. The van der Waals surface area contributed by atoms with Gasteiger partial charge in [-0.2, -0.15) is 13.2 Å². The molecule has 0 unspecified atom stereocenters. The van der Waals surface area contributed by atoms with E-state index in [0.29, 0.717) is 6.61 Å². The SMILES string of the molecule is C=CCCCCCCCCOC(=O)c1ccc(C(F)(F)F)cc1. The number of allylic oxidation sites excluding steroid dienone is 1. The van der Waals surface area contributed by atoms with Crippen LogP contribution >= 0.6 is 0 Å². The fourth-order valence-electron chi connectivity index (χ4n) is 2.14. The molecule has 0 heterocycles. The van der Waals surface area contributed by atoms with E-state index in [1.807, 2.05) is 6.08 Å². The molecule has 0 aliphatic rings. The van der Waals surface area contributed by atoms with Crippen LogP contribution in [0.15, 0.2) is 36.9 Å². The molecule has 1 aromatic rings. The molecule has 0 saturated carbocycles. The third kappa shape index (κ3) is 7.86. The fourth-order valence-corrected chi connectivity index (χ4v) is 2.14. The topological polar surface area (TPSA) is 26.3 Å². The third-order valence-corrected chi connectivity index (χ3v) is 3.48. The summed E-state index contributed by atoms with van der Waals surface area (Å²) in [5.74, 6) is -0.579. The van der Waals surface area contributed by atoms with Crippen LogP contribution in [-0.2, 0) is 10.9 Å². The second-order valence-electron chi connectivity index (χ2n) is 5.41. The van der Waals surface area contributed by atoms with Gasteiger partial charge in [0.25, 0.3) is 0 Å². The second kappa shape index (κ2) is 10.1. The van der Waals surface area contributed by atoms with Gasteiger partial charge in [-0.15, -0.1) is 6.58 Å². The maximum Gasteiger partial charge on any atom is 0.416 e. The highest BCUT2D eigenvalue weighted by Gasteiger charge is 2.30. The number of hydrogen-bond acceptors (Lipinski definition) is 2. The van der Waals surface area contributed by atoms with Gasteiger partial charge in [-0.05, 0) is 43.5 Å². The first-order valence-electron chi connectivity index (χ1n) is 7.90. The molecule has 128 valence electrons. The molecule has 5 heteroatoms. The summed E-state index contributed by atoms with van der Waals surface area (Å²) < 4.78 is 42.3. The van der Waals surface area contributed by atoms with Gasteiger partial charge in [0, 0.05) is 0 Å². The molecule has 0 aliphatic carbocycles. The van der Waals surface area contributed by atoms with Crippen LogP contribution < -0.4 is 0 Å². The summed E-state index contributed by atoms with van der Waals surface area (Å²) in [7, 11) is 0. The molecule has 1 rings (SSSR count). The zero-order valence-electron chi connectivity index (χ0n) is 13.2. The quantitative estimate of drug-likeness (QED) is 0.309. The summed E-state index contributed by atoms with van der Waals surface area (Å²) in [6.07, 6.45) is 4.90. The van der Waals surface area contributed by atoms with Crippen molar-refractivity contribution in [3.05, 3.63) is 48.0 Å². The predicted octanol–water partition coefficient (Wildman–Crippen LogP) is 5.78. The number of rotatable bonds is 10. The standard InChI is InChI=1S/C18H23F3O2/c1-2-3-4-5-6-7-8-9-14-23-17(22)15-10-12-16(13-11-15)18(19,20)21/h2,10-13H,1,3-9,14H2. The van der Waals surface area contributed by atoms with E-state index in [9.17, 15) is 18.0 Å². The summed E-state index contributed by atoms with van der Waals surface area (Å²) >= 11 is 0. The zero-order chi connectivity index (χ0) is 17.1. The van der Waals surface area contributed by atoms with Crippen molar-refractivity contribution in [1.82, 2.24) is 0 Å². The van der Waals surface area contributed by atoms with Gasteiger partial charge in [0.2, 0.25) is 0 Å². The van der Waals surface area contributed by atoms with Crippen molar-refractivity contribution in [1.29, 1.82) is 0 Å². The molecule has 23 heavy (non-hydrogen) atoms. The van der Waals surface area contributed by atoms with Crippen molar-refractivity contribution in [2.45, 2.75) is 51.1 Å². The number of alkyl halides is 3. The lowest BCUT2D eigenvalue weighted by atomic mass is 10.1. The van der Waals surface area contributed by atoms with Gasteiger partial charge in [-0.3, -0.25) is 0 Å². The van der Waals surface area contributed by atoms with Crippen LogP contribution in [0.5, 0.6) is 0 Å². The van der Waals surface area contributed by atoms with Gasteiger partial charge in [-0.1, -0.05) is 31.8 Å². The Morgan fingerprint density at radius 1 is 1.00 bits per heavy atom. The molecule has 2 nitrogen and oxygen atoms in total. The van der Waals surface area contributed by atoms with Crippen molar-refractivity contribution < 1.29 is 22.7 Å². The number of esters is 1. The van der Waals surface area contributed by atoms with Gasteiger partial charge in [0.15, 0.2) is 0 Å². The van der Waals surface area contributed by atoms with Gasteiger partial charge in [0.05, 0.1) is 17.7 Å². The number of carbonyl (C=O) groups is 1. The maximum atomic E-state index is 12.4. The Balaban J connectivity index is 2.18. The summed E-state index contributed by atoms with van der Waals surface area (Å²) in [6, 6.07) is 4.06. The summed E-state index contributed by atoms with van der Waals surface area (Å²) in [5.41, 5.74) is -0.632. The Morgan fingerprint density at radius 3 is 2.13 bits per heavy atom. The van der Waals surface area contributed by atoms with E-state index < -0.39 is 17.7 Å². The van der Waals surface area contributed by atoms with Crippen molar-refractivity contribution in [2.75, 3.05) is 6.61 Å². The Kier molecular flexibility index (Phi) is 8.45. The van der Waals surface area contributed by atoms with E-state index in [2.05, 4.69) is 6.58 Å². The minimum Gasteiger partial charge on any atom is -0.462 e. The molecule has 0 radical (unpaired) electrons. The molecular formula is C18H23F3O2. The van der Waals surface area contributed by atoms with Crippen molar-refractivity contribution in [3.8, 4) is 0 Å². The monoisotopic (exact) mass is 328 g/mol. The molecular weight excluding hydrogens is 305 g/mol. The van der Waals surface area contributed by atoms with Gasteiger partial charge >= 0.3 is 12.1 Å². The van der Waals surface area contributed by atoms with Crippen molar-refractivity contribution in [2.24, 2.45) is 0 Å². The molecule has 0 fully saturated rings. The van der Waals surface area contributed by atoms with Crippen LogP contribution in [0.1, 0.15) is 60.9 Å². The molecule has 0 spiro atoms. The van der Waals surface area contributed by atoms with E-state index in [-0.39, 0.29) is 5.56 Å². The van der Waals surface area contributed by atoms with E-state index in [1.165, 1.54) is 6.42 Å². The highest BCUT2D eigenvalue weighted by Crippen LogP contribution is 2.29. The number of halogens is 3. The Hall–Kier alpha value is -1.78. The van der Waals surface area contributed by atoms with E-state index in [4.69, 9.17) is 4.74 Å².